The number of hydrogen-bond acceptors (Lipinski definition) is 2. The lowest BCUT2D eigenvalue weighted by molar-refractivity contribution is 0.0686. The van der Waals surface area contributed by atoms with Crippen molar-refractivity contribution in [2.24, 2.45) is 7.05 Å². The monoisotopic (exact) mass is 167 g/mol. The number of carboxylic acids is 1. The first-order chi connectivity index (χ1) is 5.54. The number of carboxylic acid groups (broad SMARTS) is 1. The summed E-state index contributed by atoms with van der Waals surface area (Å²) in [5.41, 5.74) is 0.535. The molecule has 0 saturated carbocycles. The van der Waals surface area contributed by atoms with Gasteiger partial charge in [-0.05, 0) is 12.1 Å². The summed E-state index contributed by atoms with van der Waals surface area (Å²) in [4.78, 5) is 21.4. The van der Waals surface area contributed by atoms with Crippen molar-refractivity contribution in [3.8, 4) is 0 Å². The Morgan fingerprint density at radius 3 is 2.08 bits per heavy atom. The molecule has 1 aromatic rings. The highest BCUT2D eigenvalue weighted by molar-refractivity contribution is 5.95. The van der Waals surface area contributed by atoms with E-state index in [4.69, 9.17) is 5.11 Å². The van der Waals surface area contributed by atoms with Crippen LogP contribution in [0.2, 0.25) is 0 Å². The van der Waals surface area contributed by atoms with Crippen LogP contribution in [-0.2, 0) is 7.05 Å². The molecular weight excluding hydrogens is 158 g/mol. The molecule has 0 aliphatic heterocycles. The molecule has 12 heavy (non-hydrogen) atoms. The minimum atomic E-state index is -1.02. The zero-order valence-corrected chi connectivity index (χ0v) is 6.87. The Morgan fingerprint density at radius 2 is 1.83 bits per heavy atom. The fourth-order valence-corrected chi connectivity index (χ4v) is 1.08. The van der Waals surface area contributed by atoms with Gasteiger partial charge in [0.15, 0.2) is 5.78 Å². The van der Waals surface area contributed by atoms with E-state index in [9.17, 15) is 9.59 Å². The maximum Gasteiger partial charge on any atom is 0.352 e. The van der Waals surface area contributed by atoms with Crippen LogP contribution in [0.3, 0.4) is 0 Å². The van der Waals surface area contributed by atoms with E-state index in [1.165, 1.54) is 23.6 Å². The molecule has 0 bridgehead atoms. The molecule has 0 radical (unpaired) electrons. The van der Waals surface area contributed by atoms with Gasteiger partial charge in [-0.2, -0.15) is 0 Å². The fraction of sp³-hybridized carbons (Fsp3) is 0.250. The van der Waals surface area contributed by atoms with Gasteiger partial charge in [-0.15, -0.1) is 0 Å². The second-order valence-electron chi connectivity index (χ2n) is 2.52. The SMILES string of the molecule is CC(=O)c1ccc(C(=O)O)n1C. The molecule has 0 fully saturated rings. The number of carbonyl (C=O) groups is 2. The average Bonchev–Trinajstić information content (AvgIpc) is 2.30. The van der Waals surface area contributed by atoms with E-state index in [2.05, 4.69) is 0 Å². The van der Waals surface area contributed by atoms with Crippen LogP contribution in [0.15, 0.2) is 12.1 Å². The van der Waals surface area contributed by atoms with Crippen molar-refractivity contribution >= 4 is 11.8 Å². The smallest absolute Gasteiger partial charge is 0.352 e. The van der Waals surface area contributed by atoms with E-state index >= 15 is 0 Å². The first-order valence-corrected chi connectivity index (χ1v) is 3.44. The van der Waals surface area contributed by atoms with Crippen LogP contribution in [0.1, 0.15) is 27.9 Å². The van der Waals surface area contributed by atoms with Crippen LogP contribution in [0.5, 0.6) is 0 Å². The molecule has 4 heteroatoms. The lowest BCUT2D eigenvalue weighted by atomic mass is 10.3. The Kier molecular flexibility index (Phi) is 1.99. The predicted molar refractivity (Wildman–Crippen MR) is 42.4 cm³/mol. The zero-order chi connectivity index (χ0) is 9.30. The third kappa shape index (κ3) is 1.23. The van der Waals surface area contributed by atoms with Gasteiger partial charge in [0.1, 0.15) is 5.69 Å². The minimum absolute atomic E-state index is 0.125. The van der Waals surface area contributed by atoms with Gasteiger partial charge in [0.25, 0.3) is 0 Å². The van der Waals surface area contributed by atoms with Gasteiger partial charge in [-0.1, -0.05) is 0 Å². The topological polar surface area (TPSA) is 59.3 Å². The molecule has 1 N–H and O–H groups in total. The van der Waals surface area contributed by atoms with E-state index < -0.39 is 5.97 Å². The first-order valence-electron chi connectivity index (χ1n) is 3.44. The van der Waals surface area contributed by atoms with Crippen molar-refractivity contribution < 1.29 is 14.7 Å². The van der Waals surface area contributed by atoms with E-state index in [-0.39, 0.29) is 11.5 Å². The standard InChI is InChI=1S/C8H9NO3/c1-5(10)6-3-4-7(8(11)12)9(6)2/h3-4H,1-2H3,(H,11,12). The molecule has 0 spiro atoms. The molecule has 0 amide bonds. The first kappa shape index (κ1) is 8.52. The third-order valence-corrected chi connectivity index (χ3v) is 1.70. The summed E-state index contributed by atoms with van der Waals surface area (Å²) in [5.74, 6) is -1.16. The average molecular weight is 167 g/mol. The van der Waals surface area contributed by atoms with Crippen LogP contribution in [-0.4, -0.2) is 21.4 Å². The van der Waals surface area contributed by atoms with Crippen LogP contribution < -0.4 is 0 Å². The molecule has 0 aliphatic rings. The van der Waals surface area contributed by atoms with Crippen molar-refractivity contribution in [3.63, 3.8) is 0 Å². The van der Waals surface area contributed by atoms with E-state index in [1.807, 2.05) is 0 Å². The summed E-state index contributed by atoms with van der Waals surface area (Å²) < 4.78 is 1.37. The van der Waals surface area contributed by atoms with Crippen LogP contribution in [0.25, 0.3) is 0 Å². The second kappa shape index (κ2) is 2.81. The number of aromatic carboxylic acids is 1. The Morgan fingerprint density at radius 1 is 1.33 bits per heavy atom. The molecule has 1 heterocycles. The summed E-state index contributed by atoms with van der Waals surface area (Å²) >= 11 is 0. The van der Waals surface area contributed by atoms with Crippen LogP contribution in [0.4, 0.5) is 0 Å². The molecule has 0 unspecified atom stereocenters. The number of rotatable bonds is 2. The lowest BCUT2D eigenvalue weighted by Crippen LogP contribution is -2.08. The van der Waals surface area contributed by atoms with Gasteiger partial charge < -0.3 is 9.67 Å². The van der Waals surface area contributed by atoms with E-state index in [1.54, 1.807) is 7.05 Å². The van der Waals surface area contributed by atoms with Crippen molar-refractivity contribution in [2.45, 2.75) is 6.92 Å². The number of nitrogens with zero attached hydrogens (tertiary/aromatic N) is 1. The maximum atomic E-state index is 10.9. The van der Waals surface area contributed by atoms with E-state index in [0.717, 1.165) is 0 Å². The Balaban J connectivity index is 3.22. The molecule has 4 nitrogen and oxygen atoms in total. The van der Waals surface area contributed by atoms with Crippen molar-refractivity contribution in [3.05, 3.63) is 23.5 Å². The second-order valence-corrected chi connectivity index (χ2v) is 2.52. The van der Waals surface area contributed by atoms with Gasteiger partial charge in [0, 0.05) is 14.0 Å². The summed E-state index contributed by atoms with van der Waals surface area (Å²) in [7, 11) is 1.56. The summed E-state index contributed by atoms with van der Waals surface area (Å²) in [6.45, 7) is 1.40. The number of Topliss-reactive ketones (excluding diaryl/α,β-unsaturated/α-hetero) is 1. The summed E-state index contributed by atoms with van der Waals surface area (Å²) in [6, 6.07) is 2.92. The Bertz CT molecular complexity index is 307. The Hall–Kier alpha value is -1.58. The summed E-state index contributed by atoms with van der Waals surface area (Å²) in [5, 5.41) is 8.63. The van der Waals surface area contributed by atoms with Crippen molar-refractivity contribution in [1.82, 2.24) is 4.57 Å². The molecule has 1 aromatic heterocycles. The highest BCUT2D eigenvalue weighted by atomic mass is 16.4. The number of aromatic nitrogens is 1. The molecule has 64 valence electrons. The number of ketones is 1. The largest absolute Gasteiger partial charge is 0.477 e. The van der Waals surface area contributed by atoms with Gasteiger partial charge in [-0.3, -0.25) is 4.79 Å². The normalized spacial score (nSPS) is 9.83. The number of carbonyl (C=O) groups excluding carboxylic acids is 1. The molecule has 0 saturated heterocycles. The molecular formula is C8H9NO3. The minimum Gasteiger partial charge on any atom is -0.477 e. The highest BCUT2D eigenvalue weighted by Gasteiger charge is 2.12. The molecule has 0 aliphatic carbocycles. The molecule has 0 atom stereocenters. The summed E-state index contributed by atoms with van der Waals surface area (Å²) in [6.07, 6.45) is 0. The van der Waals surface area contributed by atoms with Gasteiger partial charge >= 0.3 is 5.97 Å². The van der Waals surface area contributed by atoms with Crippen molar-refractivity contribution in [2.75, 3.05) is 0 Å². The number of hydrogen-bond donors (Lipinski definition) is 1. The third-order valence-electron chi connectivity index (χ3n) is 1.70. The zero-order valence-electron chi connectivity index (χ0n) is 6.87. The maximum absolute atomic E-state index is 10.9. The quantitative estimate of drug-likeness (QED) is 0.666. The van der Waals surface area contributed by atoms with Crippen molar-refractivity contribution in [1.29, 1.82) is 0 Å². The highest BCUT2D eigenvalue weighted by Crippen LogP contribution is 2.07. The van der Waals surface area contributed by atoms with Crippen LogP contribution in [0, 0.1) is 0 Å². The van der Waals surface area contributed by atoms with Gasteiger partial charge in [0.2, 0.25) is 0 Å². The Labute approximate surface area is 69.4 Å². The molecule has 0 aromatic carbocycles. The lowest BCUT2D eigenvalue weighted by Gasteiger charge is -2.00. The van der Waals surface area contributed by atoms with Gasteiger partial charge in [0.05, 0.1) is 5.69 Å². The predicted octanol–water partition coefficient (Wildman–Crippen LogP) is 0.926. The van der Waals surface area contributed by atoms with E-state index in [0.29, 0.717) is 5.69 Å². The molecule has 1 rings (SSSR count). The van der Waals surface area contributed by atoms with Crippen LogP contribution >= 0.6 is 0 Å². The van der Waals surface area contributed by atoms with Gasteiger partial charge in [-0.25, -0.2) is 4.79 Å². The fourth-order valence-electron chi connectivity index (χ4n) is 1.08.